The second-order valence-corrected chi connectivity index (χ2v) is 0.398. The third-order valence-electron chi connectivity index (χ3n) is 0. The van der Waals surface area contributed by atoms with E-state index in [-0.39, 0.29) is 6.61 Å². The van der Waals surface area contributed by atoms with E-state index >= 15 is 0 Å². The van der Waals surface area contributed by atoms with E-state index in [0.29, 0.717) is 0 Å². The number of hydrogen-bond acceptors (Lipinski definition) is 4. The Labute approximate surface area is 35.5 Å². The van der Waals surface area contributed by atoms with Gasteiger partial charge in [0, 0.05) is 6.61 Å². The Bertz CT molecular complexity index is 7.51. The molecule has 0 aromatic heterocycles. The molecule has 0 saturated heterocycles. The molecule has 3 N–H and O–H groups in total. The van der Waals surface area contributed by atoms with E-state index in [2.05, 4.69) is 5.04 Å². The van der Waals surface area contributed by atoms with Crippen LogP contribution < -0.4 is 0 Å². The van der Waals surface area contributed by atoms with Crippen LogP contribution in [0.2, 0.25) is 0 Å². The minimum Gasteiger partial charge on any atom is -0.397 e. The normalized spacial score (nSPS) is 6.00. The molecule has 0 fully saturated rings. The van der Waals surface area contributed by atoms with Gasteiger partial charge in [0.1, 0.15) is 0 Å². The van der Waals surface area contributed by atoms with Gasteiger partial charge in [-0.05, 0) is 6.92 Å². The number of hydrogen-bond donors (Lipinski definition) is 3. The van der Waals surface area contributed by atoms with Crippen LogP contribution in [0.3, 0.4) is 0 Å². The van der Waals surface area contributed by atoms with Gasteiger partial charge in [-0.15, -0.1) is 0 Å². The lowest BCUT2D eigenvalue weighted by molar-refractivity contribution is -0.465. The van der Waals surface area contributed by atoms with Crippen LogP contribution in [0.1, 0.15) is 6.92 Å². The molecule has 6 heavy (non-hydrogen) atoms. The molecule has 0 amide bonds. The van der Waals surface area contributed by atoms with Crippen LogP contribution in [0.25, 0.3) is 0 Å². The number of aliphatic hydroxyl groups is 1. The topological polar surface area (TPSA) is 69.9 Å². The molecule has 0 rings (SSSR count). The number of aliphatic hydroxyl groups excluding tert-OH is 1. The summed E-state index contributed by atoms with van der Waals surface area (Å²) < 4.78 is 0. The van der Waals surface area contributed by atoms with Gasteiger partial charge in [0.15, 0.2) is 0 Å². The van der Waals surface area contributed by atoms with Gasteiger partial charge in [0.2, 0.25) is 0 Å². The van der Waals surface area contributed by atoms with Crippen LogP contribution in [-0.2, 0) is 5.04 Å². The molecule has 0 saturated carbocycles. The first kappa shape index (κ1) is 9.28. The van der Waals surface area contributed by atoms with Gasteiger partial charge in [-0.2, -0.15) is 0 Å². The SMILES string of the molecule is CCO.OOO. The average Bonchev–Trinajstić information content (AvgIpc) is 1.39. The van der Waals surface area contributed by atoms with Crippen LogP contribution >= 0.6 is 0 Å². The molecule has 0 unspecified atom stereocenters. The lowest BCUT2D eigenvalue weighted by Gasteiger charge is -1.56. The Morgan fingerprint density at radius 1 is 1.50 bits per heavy atom. The molecular weight excluding hydrogens is 88.0 g/mol. The van der Waals surface area contributed by atoms with Crippen LogP contribution in [0, 0.1) is 0 Å². The molecule has 0 aliphatic rings. The second-order valence-electron chi connectivity index (χ2n) is 0.398. The highest BCUT2D eigenvalue weighted by atomic mass is 17.4. The van der Waals surface area contributed by atoms with Crippen molar-refractivity contribution >= 4 is 0 Å². The minimum atomic E-state index is 0.250. The predicted molar refractivity (Wildman–Crippen MR) is 19.1 cm³/mol. The Hall–Kier alpha value is -0.160. The van der Waals surface area contributed by atoms with Crippen molar-refractivity contribution in [3.63, 3.8) is 0 Å². The van der Waals surface area contributed by atoms with Gasteiger partial charge in [0.05, 0.1) is 0 Å². The van der Waals surface area contributed by atoms with E-state index in [0.717, 1.165) is 0 Å². The standard InChI is InChI=1S/C2H6O.H2O3/c1-2-3;1-3-2/h3H,2H2,1H3;1-2H. The fourth-order valence-corrected chi connectivity index (χ4v) is 0. The van der Waals surface area contributed by atoms with Crippen molar-refractivity contribution in [2.75, 3.05) is 6.61 Å². The summed E-state index contributed by atoms with van der Waals surface area (Å²) in [6.07, 6.45) is 0. The summed E-state index contributed by atoms with van der Waals surface area (Å²) in [5.74, 6) is 0. The molecule has 0 aliphatic heterocycles. The molecule has 4 nitrogen and oxygen atoms in total. The zero-order chi connectivity index (χ0) is 5.41. The largest absolute Gasteiger partial charge is 0.397 e. The summed E-state index contributed by atoms with van der Waals surface area (Å²) in [7, 11) is 0. The van der Waals surface area contributed by atoms with Gasteiger partial charge in [-0.1, -0.05) is 5.04 Å². The molecule has 4 heteroatoms. The fraction of sp³-hybridized carbons (Fsp3) is 1.00. The molecule has 0 atom stereocenters. The quantitative estimate of drug-likeness (QED) is 0.292. The molecule has 0 aromatic carbocycles. The van der Waals surface area contributed by atoms with Gasteiger partial charge in [-0.25, -0.2) is 10.5 Å². The van der Waals surface area contributed by atoms with E-state index in [1.54, 1.807) is 6.92 Å². The maximum absolute atomic E-state index is 7.57. The first-order chi connectivity index (χ1) is 2.83. The highest BCUT2D eigenvalue weighted by molar-refractivity contribution is 3.84. The monoisotopic (exact) mass is 96.0 g/mol. The zero-order valence-corrected chi connectivity index (χ0v) is 3.46. The maximum atomic E-state index is 7.57. The van der Waals surface area contributed by atoms with Crippen molar-refractivity contribution < 1.29 is 20.7 Å². The molecule has 0 aromatic rings. The molecule has 0 spiro atoms. The van der Waals surface area contributed by atoms with Crippen LogP contribution in [0.15, 0.2) is 0 Å². The molecular formula is C2H8O4. The smallest absolute Gasteiger partial charge is 0.0402 e. The Morgan fingerprint density at radius 2 is 1.50 bits per heavy atom. The summed E-state index contributed by atoms with van der Waals surface area (Å²) >= 11 is 0. The Kier molecular flexibility index (Phi) is 32.6. The van der Waals surface area contributed by atoms with Crippen molar-refractivity contribution in [1.82, 2.24) is 0 Å². The van der Waals surface area contributed by atoms with Gasteiger partial charge < -0.3 is 5.11 Å². The molecule has 0 heterocycles. The summed E-state index contributed by atoms with van der Waals surface area (Å²) in [5.41, 5.74) is 0. The van der Waals surface area contributed by atoms with Crippen LogP contribution in [0.5, 0.6) is 0 Å². The summed E-state index contributed by atoms with van der Waals surface area (Å²) in [4.78, 5) is 0. The summed E-state index contributed by atoms with van der Waals surface area (Å²) in [5, 5.41) is 23.1. The van der Waals surface area contributed by atoms with Crippen LogP contribution in [-0.4, -0.2) is 22.2 Å². The fourth-order valence-electron chi connectivity index (χ4n) is 0. The number of rotatable bonds is 0. The van der Waals surface area contributed by atoms with Crippen LogP contribution in [0.4, 0.5) is 0 Å². The van der Waals surface area contributed by atoms with Crippen molar-refractivity contribution in [2.24, 2.45) is 0 Å². The Balaban J connectivity index is 0. The highest BCUT2D eigenvalue weighted by Gasteiger charge is 1.34. The lowest BCUT2D eigenvalue weighted by Crippen LogP contribution is -1.60. The minimum absolute atomic E-state index is 0.250. The van der Waals surface area contributed by atoms with Crippen molar-refractivity contribution in [1.29, 1.82) is 0 Å². The average molecular weight is 96.1 g/mol. The Morgan fingerprint density at radius 3 is 1.50 bits per heavy atom. The van der Waals surface area contributed by atoms with E-state index in [1.807, 2.05) is 0 Å². The van der Waals surface area contributed by atoms with Gasteiger partial charge in [0.25, 0.3) is 0 Å². The molecule has 0 aliphatic carbocycles. The summed E-state index contributed by atoms with van der Waals surface area (Å²) in [6.45, 7) is 1.93. The maximum Gasteiger partial charge on any atom is 0.0402 e. The highest BCUT2D eigenvalue weighted by Crippen LogP contribution is 1.30. The van der Waals surface area contributed by atoms with E-state index in [1.165, 1.54) is 0 Å². The molecule has 40 valence electrons. The first-order valence-corrected chi connectivity index (χ1v) is 1.39. The summed E-state index contributed by atoms with van der Waals surface area (Å²) in [6, 6.07) is 0. The predicted octanol–water partition coefficient (Wildman–Crippen LogP) is -0.0524. The van der Waals surface area contributed by atoms with E-state index in [9.17, 15) is 0 Å². The van der Waals surface area contributed by atoms with E-state index in [4.69, 9.17) is 15.6 Å². The van der Waals surface area contributed by atoms with Crippen molar-refractivity contribution in [3.8, 4) is 0 Å². The second kappa shape index (κ2) is 21.1. The lowest BCUT2D eigenvalue weighted by atomic mass is 10.9. The zero-order valence-electron chi connectivity index (χ0n) is 3.46. The van der Waals surface area contributed by atoms with Gasteiger partial charge >= 0.3 is 0 Å². The van der Waals surface area contributed by atoms with Crippen molar-refractivity contribution in [3.05, 3.63) is 0 Å². The third-order valence-corrected chi connectivity index (χ3v) is 0. The molecule has 0 bridgehead atoms. The first-order valence-electron chi connectivity index (χ1n) is 1.39. The van der Waals surface area contributed by atoms with Crippen molar-refractivity contribution in [2.45, 2.75) is 6.92 Å². The van der Waals surface area contributed by atoms with E-state index < -0.39 is 0 Å². The third kappa shape index (κ3) is 1210. The van der Waals surface area contributed by atoms with Gasteiger partial charge in [-0.3, -0.25) is 0 Å². The molecule has 0 radical (unpaired) electrons.